The minimum absolute atomic E-state index is 0.159. The first-order valence-corrected chi connectivity index (χ1v) is 5.65. The van der Waals surface area contributed by atoms with Gasteiger partial charge in [0.2, 0.25) is 0 Å². The zero-order valence-electron chi connectivity index (χ0n) is 8.78. The Labute approximate surface area is 97.0 Å². The molecule has 0 saturated heterocycles. The molecule has 1 atom stereocenters. The molecule has 0 amide bonds. The second kappa shape index (κ2) is 5.56. The number of benzene rings is 1. The quantitative estimate of drug-likeness (QED) is 0.833. The van der Waals surface area contributed by atoms with Gasteiger partial charge in [-0.3, -0.25) is 0 Å². The second-order valence-electron chi connectivity index (χ2n) is 3.55. The third-order valence-electron chi connectivity index (χ3n) is 2.46. The normalized spacial score (nSPS) is 12.9. The molecule has 15 heavy (non-hydrogen) atoms. The molecule has 1 aromatic carbocycles. The molecule has 1 unspecified atom stereocenters. The molecule has 1 N–H and O–H groups in total. The molecule has 4 heteroatoms. The minimum atomic E-state index is -0.488. The molecule has 0 heterocycles. The van der Waals surface area contributed by atoms with Crippen molar-refractivity contribution < 1.29 is 8.78 Å². The summed E-state index contributed by atoms with van der Waals surface area (Å²) in [5, 5.41) is 3.03. The molecule has 1 nitrogen and oxygen atoms in total. The minimum Gasteiger partial charge on any atom is -0.317 e. The maximum Gasteiger partial charge on any atom is 0.143 e. The number of hydrogen-bond acceptors (Lipinski definition) is 1. The Bertz CT molecular complexity index is 342. The van der Waals surface area contributed by atoms with Crippen molar-refractivity contribution in [3.05, 3.63) is 33.8 Å². The van der Waals surface area contributed by atoms with Gasteiger partial charge in [0.05, 0.1) is 4.47 Å². The summed E-state index contributed by atoms with van der Waals surface area (Å²) in [7, 11) is 1.83. The molecule has 0 radical (unpaired) electrons. The summed E-state index contributed by atoms with van der Waals surface area (Å²) in [5.41, 5.74) is 0.159. The van der Waals surface area contributed by atoms with E-state index in [0.717, 1.165) is 0 Å². The summed E-state index contributed by atoms with van der Waals surface area (Å²) < 4.78 is 27.1. The van der Waals surface area contributed by atoms with Crippen molar-refractivity contribution in [2.45, 2.75) is 25.8 Å². The zero-order chi connectivity index (χ0) is 11.4. The number of halogens is 3. The van der Waals surface area contributed by atoms with Crippen LogP contribution in [0, 0.1) is 11.6 Å². The Kier molecular flexibility index (Phi) is 4.67. The molecule has 0 spiro atoms. The lowest BCUT2D eigenvalue weighted by molar-refractivity contribution is 0.516. The lowest BCUT2D eigenvalue weighted by atomic mass is 10.1. The maximum atomic E-state index is 13.5. The van der Waals surface area contributed by atoms with Crippen LogP contribution in [-0.4, -0.2) is 13.1 Å². The average molecular weight is 278 g/mol. The van der Waals surface area contributed by atoms with Crippen LogP contribution in [0.2, 0.25) is 0 Å². The molecule has 1 aromatic rings. The van der Waals surface area contributed by atoms with Gasteiger partial charge in [0, 0.05) is 11.6 Å². The lowest BCUT2D eigenvalue weighted by Crippen LogP contribution is -2.22. The van der Waals surface area contributed by atoms with Crippen molar-refractivity contribution >= 4 is 15.9 Å². The van der Waals surface area contributed by atoms with E-state index < -0.39 is 11.6 Å². The lowest BCUT2D eigenvalue weighted by Gasteiger charge is -2.11. The molecule has 0 saturated carbocycles. The predicted molar refractivity (Wildman–Crippen MR) is 60.9 cm³/mol. The fraction of sp³-hybridized carbons (Fsp3) is 0.455. The number of nitrogens with one attached hydrogen (secondary N) is 1. The summed E-state index contributed by atoms with van der Waals surface area (Å²) in [5.74, 6) is -0.961. The molecule has 0 aliphatic heterocycles. The molecule has 1 rings (SSSR count). The van der Waals surface area contributed by atoms with E-state index in [1.54, 1.807) is 0 Å². The van der Waals surface area contributed by atoms with Gasteiger partial charge >= 0.3 is 0 Å². The van der Waals surface area contributed by atoms with E-state index in [0.29, 0.717) is 17.3 Å². The van der Waals surface area contributed by atoms with Crippen molar-refractivity contribution in [2.24, 2.45) is 0 Å². The third kappa shape index (κ3) is 3.24. The Hall–Kier alpha value is -0.480. The number of rotatable bonds is 4. The van der Waals surface area contributed by atoms with Crippen LogP contribution in [0.1, 0.15) is 18.9 Å². The Morgan fingerprint density at radius 3 is 2.67 bits per heavy atom. The van der Waals surface area contributed by atoms with Crippen LogP contribution in [-0.2, 0) is 6.42 Å². The van der Waals surface area contributed by atoms with Crippen LogP contribution < -0.4 is 5.32 Å². The summed E-state index contributed by atoms with van der Waals surface area (Å²) in [6.07, 6.45) is 1.11. The Morgan fingerprint density at radius 1 is 1.40 bits per heavy atom. The van der Waals surface area contributed by atoms with E-state index in [2.05, 4.69) is 21.2 Å². The van der Waals surface area contributed by atoms with Crippen LogP contribution >= 0.6 is 15.9 Å². The van der Waals surface area contributed by atoms with Gasteiger partial charge in [-0.15, -0.1) is 0 Å². The largest absolute Gasteiger partial charge is 0.317 e. The summed E-state index contributed by atoms with van der Waals surface area (Å²) in [6, 6.07) is 2.92. The average Bonchev–Trinajstić information content (AvgIpc) is 2.23. The summed E-state index contributed by atoms with van der Waals surface area (Å²) in [4.78, 5) is 0. The molecule has 84 valence electrons. The van der Waals surface area contributed by atoms with Crippen molar-refractivity contribution in [1.29, 1.82) is 0 Å². The zero-order valence-corrected chi connectivity index (χ0v) is 10.4. The van der Waals surface area contributed by atoms with Gasteiger partial charge in [0.25, 0.3) is 0 Å². The monoisotopic (exact) mass is 277 g/mol. The fourth-order valence-corrected chi connectivity index (χ4v) is 1.67. The van der Waals surface area contributed by atoms with E-state index in [4.69, 9.17) is 0 Å². The fourth-order valence-electron chi connectivity index (χ4n) is 1.30. The molecule has 0 bridgehead atoms. The van der Waals surface area contributed by atoms with Crippen molar-refractivity contribution in [1.82, 2.24) is 5.32 Å². The van der Waals surface area contributed by atoms with Crippen LogP contribution in [0.4, 0.5) is 8.78 Å². The van der Waals surface area contributed by atoms with E-state index in [1.807, 2.05) is 14.0 Å². The van der Waals surface area contributed by atoms with Gasteiger partial charge in [-0.25, -0.2) is 8.78 Å². The SMILES string of the molecule is CNC(C)CCc1c(F)ccc(Br)c1F. The van der Waals surface area contributed by atoms with Crippen LogP contribution in [0.3, 0.4) is 0 Å². The second-order valence-corrected chi connectivity index (χ2v) is 4.40. The van der Waals surface area contributed by atoms with E-state index in [9.17, 15) is 8.78 Å². The van der Waals surface area contributed by atoms with Gasteiger partial charge in [0.15, 0.2) is 0 Å². The Balaban J connectivity index is 2.80. The number of hydrogen-bond donors (Lipinski definition) is 1. The first kappa shape index (κ1) is 12.6. The van der Waals surface area contributed by atoms with Crippen LogP contribution in [0.5, 0.6) is 0 Å². The van der Waals surface area contributed by atoms with Gasteiger partial charge in [-0.1, -0.05) is 0 Å². The van der Waals surface area contributed by atoms with Gasteiger partial charge in [0.1, 0.15) is 11.6 Å². The first-order valence-electron chi connectivity index (χ1n) is 4.86. The van der Waals surface area contributed by atoms with E-state index in [1.165, 1.54) is 12.1 Å². The highest BCUT2D eigenvalue weighted by atomic mass is 79.9. The molecule has 0 aliphatic carbocycles. The van der Waals surface area contributed by atoms with Gasteiger partial charge in [-0.2, -0.15) is 0 Å². The molecular weight excluding hydrogens is 264 g/mol. The van der Waals surface area contributed by atoms with E-state index >= 15 is 0 Å². The molecule has 0 aliphatic rings. The smallest absolute Gasteiger partial charge is 0.143 e. The summed E-state index contributed by atoms with van der Waals surface area (Å²) >= 11 is 3.05. The highest BCUT2D eigenvalue weighted by Crippen LogP contribution is 2.22. The van der Waals surface area contributed by atoms with Gasteiger partial charge < -0.3 is 5.32 Å². The predicted octanol–water partition coefficient (Wildman–Crippen LogP) is 3.27. The van der Waals surface area contributed by atoms with Crippen molar-refractivity contribution in [2.75, 3.05) is 7.05 Å². The van der Waals surface area contributed by atoms with Crippen LogP contribution in [0.25, 0.3) is 0 Å². The molecule has 0 aromatic heterocycles. The van der Waals surface area contributed by atoms with Crippen molar-refractivity contribution in [3.8, 4) is 0 Å². The molecular formula is C11H14BrF2N. The third-order valence-corrected chi connectivity index (χ3v) is 3.07. The highest BCUT2D eigenvalue weighted by Gasteiger charge is 2.12. The van der Waals surface area contributed by atoms with Crippen LogP contribution in [0.15, 0.2) is 16.6 Å². The van der Waals surface area contributed by atoms with E-state index in [-0.39, 0.29) is 11.6 Å². The highest BCUT2D eigenvalue weighted by molar-refractivity contribution is 9.10. The Morgan fingerprint density at radius 2 is 2.07 bits per heavy atom. The molecule has 0 fully saturated rings. The van der Waals surface area contributed by atoms with Crippen molar-refractivity contribution in [3.63, 3.8) is 0 Å². The topological polar surface area (TPSA) is 12.0 Å². The summed E-state index contributed by atoms with van der Waals surface area (Å²) in [6.45, 7) is 1.98. The first-order chi connectivity index (χ1) is 7.06. The standard InChI is InChI=1S/C11H14BrF2N/c1-7(15-2)3-4-8-10(13)6-5-9(12)11(8)14/h5-7,15H,3-4H2,1-2H3. The maximum absolute atomic E-state index is 13.5. The van der Waals surface area contributed by atoms with Gasteiger partial charge in [-0.05, 0) is 54.9 Å².